The van der Waals surface area contributed by atoms with Gasteiger partial charge in [-0.15, -0.1) is 0 Å². The Hall–Kier alpha value is -1.10. The van der Waals surface area contributed by atoms with Gasteiger partial charge >= 0.3 is 5.97 Å². The van der Waals surface area contributed by atoms with Crippen molar-refractivity contribution in [2.45, 2.75) is 33.2 Å². The number of methoxy groups -OCH3 is 1. The molecule has 16 heavy (non-hydrogen) atoms. The number of hydrogen-bond acceptors (Lipinski definition) is 4. The van der Waals surface area contributed by atoms with Gasteiger partial charge in [0, 0.05) is 6.54 Å². The maximum Gasteiger partial charge on any atom is 0.325 e. The Labute approximate surface area is 96.9 Å². The van der Waals surface area contributed by atoms with E-state index in [0.717, 1.165) is 6.42 Å². The minimum atomic E-state index is -0.559. The second kappa shape index (κ2) is 7.22. The molecule has 0 saturated carbocycles. The first-order chi connectivity index (χ1) is 7.43. The van der Waals surface area contributed by atoms with Gasteiger partial charge in [0.1, 0.15) is 6.54 Å². The third-order valence-electron chi connectivity index (χ3n) is 2.36. The molecule has 0 fully saturated rings. The Bertz CT molecular complexity index is 241. The van der Waals surface area contributed by atoms with Crippen LogP contribution in [0.3, 0.4) is 0 Å². The van der Waals surface area contributed by atoms with Gasteiger partial charge in [-0.05, 0) is 12.3 Å². The molecule has 1 unspecified atom stereocenters. The summed E-state index contributed by atoms with van der Waals surface area (Å²) in [7, 11) is 1.30. The number of carbonyl (C=O) groups is 2. The van der Waals surface area contributed by atoms with Crippen molar-refractivity contribution in [3.05, 3.63) is 0 Å². The molecular formula is C11H22N2O3. The normalized spacial score (nSPS) is 12.4. The molecule has 1 amide bonds. The van der Waals surface area contributed by atoms with Crippen LogP contribution < -0.4 is 5.73 Å². The van der Waals surface area contributed by atoms with Gasteiger partial charge in [-0.1, -0.05) is 20.8 Å². The largest absolute Gasteiger partial charge is 0.468 e. The van der Waals surface area contributed by atoms with Crippen molar-refractivity contribution >= 4 is 11.9 Å². The Morgan fingerprint density at radius 3 is 2.31 bits per heavy atom. The Morgan fingerprint density at radius 2 is 1.94 bits per heavy atom. The SMILES string of the molecule is CCCN(CC(=O)OC)C(=O)C(N)C(C)C. The van der Waals surface area contributed by atoms with Crippen LogP contribution in [0.4, 0.5) is 0 Å². The molecule has 0 aliphatic carbocycles. The van der Waals surface area contributed by atoms with Crippen LogP contribution in [0.2, 0.25) is 0 Å². The fourth-order valence-electron chi connectivity index (χ4n) is 1.25. The summed E-state index contributed by atoms with van der Waals surface area (Å²) >= 11 is 0. The standard InChI is InChI=1S/C11H22N2O3/c1-5-6-13(7-9(14)16-4)11(15)10(12)8(2)3/h8,10H,5-7,12H2,1-4H3. The zero-order valence-corrected chi connectivity index (χ0v) is 10.5. The first-order valence-corrected chi connectivity index (χ1v) is 5.55. The lowest BCUT2D eigenvalue weighted by atomic mass is 10.0. The van der Waals surface area contributed by atoms with E-state index < -0.39 is 12.0 Å². The van der Waals surface area contributed by atoms with Crippen molar-refractivity contribution in [3.8, 4) is 0 Å². The molecule has 0 radical (unpaired) electrons. The van der Waals surface area contributed by atoms with Gasteiger partial charge in [-0.3, -0.25) is 9.59 Å². The van der Waals surface area contributed by atoms with Gasteiger partial charge < -0.3 is 15.4 Å². The number of nitrogens with two attached hydrogens (primary N) is 1. The summed E-state index contributed by atoms with van der Waals surface area (Å²) in [4.78, 5) is 24.5. The molecule has 94 valence electrons. The summed E-state index contributed by atoms with van der Waals surface area (Å²) in [6, 6.07) is -0.559. The van der Waals surface area contributed by atoms with Crippen molar-refractivity contribution in [1.82, 2.24) is 4.90 Å². The van der Waals surface area contributed by atoms with Gasteiger partial charge in [0.15, 0.2) is 0 Å². The van der Waals surface area contributed by atoms with E-state index in [2.05, 4.69) is 4.74 Å². The van der Waals surface area contributed by atoms with Gasteiger partial charge in [-0.25, -0.2) is 0 Å². The lowest BCUT2D eigenvalue weighted by Crippen LogP contribution is -2.48. The van der Waals surface area contributed by atoms with Crippen LogP contribution in [0.1, 0.15) is 27.2 Å². The van der Waals surface area contributed by atoms with Crippen LogP contribution >= 0.6 is 0 Å². The number of carbonyl (C=O) groups excluding carboxylic acids is 2. The number of nitrogens with zero attached hydrogens (tertiary/aromatic N) is 1. The molecule has 0 aliphatic rings. The first kappa shape index (κ1) is 14.9. The molecule has 0 aliphatic heterocycles. The van der Waals surface area contributed by atoms with Crippen molar-refractivity contribution < 1.29 is 14.3 Å². The van der Waals surface area contributed by atoms with Crippen molar-refractivity contribution in [2.75, 3.05) is 20.2 Å². The summed E-state index contributed by atoms with van der Waals surface area (Å²) in [5.74, 6) is -0.551. The van der Waals surface area contributed by atoms with Crippen molar-refractivity contribution in [1.29, 1.82) is 0 Å². The number of hydrogen-bond donors (Lipinski definition) is 1. The predicted molar refractivity (Wildman–Crippen MR) is 61.7 cm³/mol. The topological polar surface area (TPSA) is 72.6 Å². The highest BCUT2D eigenvalue weighted by molar-refractivity contribution is 5.85. The van der Waals surface area contributed by atoms with Crippen molar-refractivity contribution in [3.63, 3.8) is 0 Å². The zero-order valence-electron chi connectivity index (χ0n) is 10.5. The summed E-state index contributed by atoms with van der Waals surface area (Å²) in [6.07, 6.45) is 0.785. The average Bonchev–Trinajstić information content (AvgIpc) is 2.26. The molecule has 0 saturated heterocycles. The molecule has 0 heterocycles. The Balaban J connectivity index is 4.51. The lowest BCUT2D eigenvalue weighted by molar-refractivity contribution is -0.147. The van der Waals surface area contributed by atoms with E-state index in [1.54, 1.807) is 0 Å². The third-order valence-corrected chi connectivity index (χ3v) is 2.36. The molecule has 0 aromatic carbocycles. The molecule has 0 aromatic heterocycles. The summed E-state index contributed by atoms with van der Waals surface area (Å²) in [5, 5.41) is 0. The summed E-state index contributed by atoms with van der Waals surface area (Å²) in [6.45, 7) is 6.20. The molecule has 0 aromatic rings. The van der Waals surface area contributed by atoms with Crippen molar-refractivity contribution in [2.24, 2.45) is 11.7 Å². The van der Waals surface area contributed by atoms with Crippen LogP contribution in [-0.2, 0) is 14.3 Å². The smallest absolute Gasteiger partial charge is 0.325 e. The minimum absolute atomic E-state index is 0.0242. The molecule has 0 bridgehead atoms. The number of ether oxygens (including phenoxy) is 1. The van der Waals surface area contributed by atoms with Gasteiger partial charge in [0.2, 0.25) is 5.91 Å². The van der Waals surface area contributed by atoms with E-state index in [1.165, 1.54) is 12.0 Å². The van der Waals surface area contributed by atoms with E-state index >= 15 is 0 Å². The quantitative estimate of drug-likeness (QED) is 0.670. The lowest BCUT2D eigenvalue weighted by Gasteiger charge is -2.25. The van der Waals surface area contributed by atoms with E-state index in [-0.39, 0.29) is 18.4 Å². The Kier molecular flexibility index (Phi) is 6.72. The fraction of sp³-hybridized carbons (Fsp3) is 0.818. The number of rotatable bonds is 6. The predicted octanol–water partition coefficient (Wildman–Crippen LogP) is 0.381. The highest BCUT2D eigenvalue weighted by atomic mass is 16.5. The van der Waals surface area contributed by atoms with Crippen LogP contribution in [0.5, 0.6) is 0 Å². The average molecular weight is 230 g/mol. The van der Waals surface area contributed by atoms with Gasteiger partial charge in [0.25, 0.3) is 0 Å². The first-order valence-electron chi connectivity index (χ1n) is 5.55. The van der Waals surface area contributed by atoms with E-state index in [1.807, 2.05) is 20.8 Å². The second-order valence-corrected chi connectivity index (χ2v) is 4.11. The molecule has 1 atom stereocenters. The molecule has 2 N–H and O–H groups in total. The monoisotopic (exact) mass is 230 g/mol. The van der Waals surface area contributed by atoms with E-state index in [0.29, 0.717) is 6.54 Å². The summed E-state index contributed by atoms with van der Waals surface area (Å²) < 4.78 is 4.54. The van der Waals surface area contributed by atoms with E-state index in [4.69, 9.17) is 5.73 Å². The zero-order chi connectivity index (χ0) is 12.7. The highest BCUT2D eigenvalue weighted by Gasteiger charge is 2.24. The van der Waals surface area contributed by atoms with Crippen LogP contribution in [0.25, 0.3) is 0 Å². The maximum absolute atomic E-state index is 11.9. The maximum atomic E-state index is 11.9. The third kappa shape index (κ3) is 4.61. The Morgan fingerprint density at radius 1 is 1.38 bits per heavy atom. The highest BCUT2D eigenvalue weighted by Crippen LogP contribution is 2.04. The number of amides is 1. The molecule has 0 spiro atoms. The van der Waals surface area contributed by atoms with Crippen LogP contribution in [0, 0.1) is 5.92 Å². The van der Waals surface area contributed by atoms with E-state index in [9.17, 15) is 9.59 Å². The van der Waals surface area contributed by atoms with Gasteiger partial charge in [-0.2, -0.15) is 0 Å². The molecule has 5 heteroatoms. The summed E-state index contributed by atoms with van der Waals surface area (Å²) in [5.41, 5.74) is 5.77. The fourth-order valence-corrected chi connectivity index (χ4v) is 1.25. The van der Waals surface area contributed by atoms with Crippen LogP contribution in [0.15, 0.2) is 0 Å². The van der Waals surface area contributed by atoms with Gasteiger partial charge in [0.05, 0.1) is 13.2 Å². The minimum Gasteiger partial charge on any atom is -0.468 e. The number of esters is 1. The molecule has 5 nitrogen and oxygen atoms in total. The molecular weight excluding hydrogens is 208 g/mol. The molecule has 0 rings (SSSR count). The second-order valence-electron chi connectivity index (χ2n) is 4.11. The van der Waals surface area contributed by atoms with Crippen LogP contribution in [-0.4, -0.2) is 43.0 Å².